The molecule has 10 heteroatoms. The molecule has 2 unspecified atom stereocenters. The first-order valence-electron chi connectivity index (χ1n) is 9.89. The van der Waals surface area contributed by atoms with Crippen LogP contribution in [0.3, 0.4) is 0 Å². The van der Waals surface area contributed by atoms with E-state index in [-0.39, 0.29) is 6.10 Å². The van der Waals surface area contributed by atoms with Crippen molar-refractivity contribution < 1.29 is 13.9 Å². The zero-order valence-electron chi connectivity index (χ0n) is 16.5. The summed E-state index contributed by atoms with van der Waals surface area (Å²) in [7, 11) is 0. The lowest BCUT2D eigenvalue weighted by atomic mass is 9.95. The SMILES string of the molecule is Cc1c(Nc2ccc(-n3cncn3)cc2F)ncnc1OC1CC2COCC(C1)N2. The van der Waals surface area contributed by atoms with Crippen LogP contribution in [0.2, 0.25) is 0 Å². The van der Waals surface area contributed by atoms with Crippen LogP contribution in [-0.4, -0.2) is 56.1 Å². The maximum atomic E-state index is 14.6. The van der Waals surface area contributed by atoms with Gasteiger partial charge in [0.1, 0.15) is 36.7 Å². The monoisotopic (exact) mass is 411 g/mol. The van der Waals surface area contributed by atoms with E-state index in [1.165, 1.54) is 29.7 Å². The number of rotatable bonds is 5. The van der Waals surface area contributed by atoms with Crippen molar-refractivity contribution in [1.82, 2.24) is 30.0 Å². The molecule has 30 heavy (non-hydrogen) atoms. The number of piperidine rings is 1. The molecule has 2 saturated heterocycles. The number of hydrogen-bond donors (Lipinski definition) is 2. The zero-order valence-corrected chi connectivity index (χ0v) is 16.5. The van der Waals surface area contributed by atoms with Gasteiger partial charge in [-0.1, -0.05) is 0 Å². The van der Waals surface area contributed by atoms with Gasteiger partial charge in [-0.2, -0.15) is 5.10 Å². The van der Waals surface area contributed by atoms with Gasteiger partial charge in [-0.05, 0) is 19.1 Å². The first-order chi connectivity index (χ1) is 14.7. The van der Waals surface area contributed by atoms with Gasteiger partial charge in [-0.25, -0.2) is 24.0 Å². The quantitative estimate of drug-likeness (QED) is 0.659. The summed E-state index contributed by atoms with van der Waals surface area (Å²) in [6.07, 6.45) is 6.13. The van der Waals surface area contributed by atoms with E-state index < -0.39 is 5.82 Å². The highest BCUT2D eigenvalue weighted by Crippen LogP contribution is 2.29. The molecular formula is C20H22FN7O2. The molecular weight excluding hydrogens is 389 g/mol. The third kappa shape index (κ3) is 3.83. The average Bonchev–Trinajstić information content (AvgIpc) is 3.27. The van der Waals surface area contributed by atoms with Gasteiger partial charge >= 0.3 is 0 Å². The standard InChI is InChI=1S/C20H22FN7O2/c1-12-19(27-18-3-2-15(6-17(18)21)28-11-22-9-25-28)23-10-24-20(12)30-16-4-13-7-29-8-14(5-16)26-13/h2-3,6,9-11,13-14,16,26H,4-5,7-8H2,1H3,(H,23,24,27). The summed E-state index contributed by atoms with van der Waals surface area (Å²) in [5.41, 5.74) is 1.62. The predicted octanol–water partition coefficient (Wildman–Crippen LogP) is 2.15. The Hall–Kier alpha value is -3.11. The second-order valence-corrected chi connectivity index (χ2v) is 7.59. The number of anilines is 2. The minimum Gasteiger partial charge on any atom is -0.474 e. The molecule has 5 rings (SSSR count). The van der Waals surface area contributed by atoms with E-state index in [1.54, 1.807) is 12.1 Å². The van der Waals surface area contributed by atoms with Gasteiger partial charge in [0.25, 0.3) is 0 Å². The summed E-state index contributed by atoms with van der Waals surface area (Å²) >= 11 is 0. The van der Waals surface area contributed by atoms with E-state index in [2.05, 4.69) is 30.7 Å². The van der Waals surface area contributed by atoms with Crippen LogP contribution in [0.25, 0.3) is 5.69 Å². The lowest BCUT2D eigenvalue weighted by Gasteiger charge is -2.39. The Bertz CT molecular complexity index is 1020. The number of morpholine rings is 1. The molecule has 0 saturated carbocycles. The molecule has 2 aliphatic heterocycles. The van der Waals surface area contributed by atoms with Crippen LogP contribution in [0, 0.1) is 12.7 Å². The molecule has 3 aromatic rings. The van der Waals surface area contributed by atoms with Crippen molar-refractivity contribution in [3.8, 4) is 11.6 Å². The van der Waals surface area contributed by atoms with E-state index in [0.29, 0.717) is 48.4 Å². The van der Waals surface area contributed by atoms with Gasteiger partial charge in [0.2, 0.25) is 5.88 Å². The molecule has 2 N–H and O–H groups in total. The highest BCUT2D eigenvalue weighted by atomic mass is 19.1. The van der Waals surface area contributed by atoms with Gasteiger partial charge in [0.05, 0.1) is 30.2 Å². The molecule has 2 fully saturated rings. The lowest BCUT2D eigenvalue weighted by molar-refractivity contribution is -0.0134. The normalized spacial score (nSPS) is 23.2. The fraction of sp³-hybridized carbons (Fsp3) is 0.400. The number of nitrogens with one attached hydrogen (secondary N) is 2. The molecule has 2 atom stereocenters. The van der Waals surface area contributed by atoms with Crippen molar-refractivity contribution in [3.05, 3.63) is 48.6 Å². The van der Waals surface area contributed by atoms with Crippen molar-refractivity contribution >= 4 is 11.5 Å². The number of halogens is 1. The zero-order chi connectivity index (χ0) is 20.5. The van der Waals surface area contributed by atoms with Crippen molar-refractivity contribution in [1.29, 1.82) is 0 Å². The maximum absolute atomic E-state index is 14.6. The van der Waals surface area contributed by atoms with E-state index >= 15 is 0 Å². The Morgan fingerprint density at radius 1 is 1.20 bits per heavy atom. The van der Waals surface area contributed by atoms with Gasteiger partial charge in [-0.3, -0.25) is 0 Å². The van der Waals surface area contributed by atoms with Crippen molar-refractivity contribution in [2.24, 2.45) is 0 Å². The van der Waals surface area contributed by atoms with Crippen LogP contribution in [0.4, 0.5) is 15.9 Å². The van der Waals surface area contributed by atoms with E-state index in [9.17, 15) is 4.39 Å². The molecule has 2 bridgehead atoms. The van der Waals surface area contributed by atoms with Crippen molar-refractivity contribution in [3.63, 3.8) is 0 Å². The van der Waals surface area contributed by atoms with Crippen LogP contribution in [0.5, 0.6) is 5.88 Å². The molecule has 0 radical (unpaired) electrons. The smallest absolute Gasteiger partial charge is 0.221 e. The summed E-state index contributed by atoms with van der Waals surface area (Å²) < 4.78 is 27.9. The summed E-state index contributed by atoms with van der Waals surface area (Å²) in [6, 6.07) is 5.40. The molecule has 156 valence electrons. The summed E-state index contributed by atoms with van der Waals surface area (Å²) in [5, 5.41) is 10.6. The Morgan fingerprint density at radius 2 is 2.03 bits per heavy atom. The van der Waals surface area contributed by atoms with Crippen molar-refractivity contribution in [2.45, 2.75) is 38.0 Å². The number of hydrogen-bond acceptors (Lipinski definition) is 8. The molecule has 9 nitrogen and oxygen atoms in total. The van der Waals surface area contributed by atoms with Gasteiger partial charge in [0, 0.05) is 31.0 Å². The summed E-state index contributed by atoms with van der Waals surface area (Å²) in [6.45, 7) is 3.27. The largest absolute Gasteiger partial charge is 0.474 e. The first-order valence-corrected chi connectivity index (χ1v) is 9.89. The molecule has 2 aromatic heterocycles. The highest BCUT2D eigenvalue weighted by Gasteiger charge is 2.33. The molecule has 0 aliphatic carbocycles. The Kier molecular flexibility index (Phi) is 5.01. The molecule has 0 amide bonds. The number of benzene rings is 1. The van der Waals surface area contributed by atoms with E-state index in [1.807, 2.05) is 6.92 Å². The van der Waals surface area contributed by atoms with Crippen LogP contribution in [0.15, 0.2) is 37.2 Å². The second-order valence-electron chi connectivity index (χ2n) is 7.59. The Labute approximate surface area is 172 Å². The third-order valence-corrected chi connectivity index (χ3v) is 5.41. The number of aromatic nitrogens is 5. The topological polar surface area (TPSA) is 99.0 Å². The summed E-state index contributed by atoms with van der Waals surface area (Å²) in [4.78, 5) is 12.4. The molecule has 4 heterocycles. The minimum atomic E-state index is -0.422. The van der Waals surface area contributed by atoms with Gasteiger partial charge in [0.15, 0.2) is 0 Å². The number of nitrogens with zero attached hydrogens (tertiary/aromatic N) is 5. The van der Waals surface area contributed by atoms with Crippen LogP contribution < -0.4 is 15.4 Å². The third-order valence-electron chi connectivity index (χ3n) is 5.41. The van der Waals surface area contributed by atoms with Gasteiger partial charge in [-0.15, -0.1) is 0 Å². The van der Waals surface area contributed by atoms with E-state index in [0.717, 1.165) is 18.4 Å². The molecule has 2 aliphatic rings. The predicted molar refractivity (Wildman–Crippen MR) is 107 cm³/mol. The molecule has 1 aromatic carbocycles. The highest BCUT2D eigenvalue weighted by molar-refractivity contribution is 5.62. The lowest BCUT2D eigenvalue weighted by Crippen LogP contribution is -2.56. The van der Waals surface area contributed by atoms with Gasteiger partial charge < -0.3 is 20.1 Å². The van der Waals surface area contributed by atoms with E-state index in [4.69, 9.17) is 9.47 Å². The maximum Gasteiger partial charge on any atom is 0.221 e. The van der Waals surface area contributed by atoms with Crippen LogP contribution in [0.1, 0.15) is 18.4 Å². The fourth-order valence-corrected chi connectivity index (χ4v) is 3.94. The second kappa shape index (κ2) is 7.96. The number of fused-ring (bicyclic) bond motifs is 2. The first kappa shape index (κ1) is 18.9. The van der Waals surface area contributed by atoms with Crippen LogP contribution in [-0.2, 0) is 4.74 Å². The minimum absolute atomic E-state index is 0.0605. The fourth-order valence-electron chi connectivity index (χ4n) is 3.94. The van der Waals surface area contributed by atoms with Crippen LogP contribution >= 0.6 is 0 Å². The Morgan fingerprint density at radius 3 is 2.77 bits per heavy atom. The molecule has 0 spiro atoms. The summed E-state index contributed by atoms with van der Waals surface area (Å²) in [5.74, 6) is 0.595. The van der Waals surface area contributed by atoms with Crippen molar-refractivity contribution in [2.75, 3.05) is 18.5 Å². The number of ether oxygens (including phenoxy) is 2. The Balaban J connectivity index is 1.32. The average molecular weight is 411 g/mol.